The largest absolute Gasteiger partial charge is 0.482 e. The van der Waals surface area contributed by atoms with E-state index in [-0.39, 0.29) is 11.4 Å². The molecule has 1 N–H and O–H groups in total. The van der Waals surface area contributed by atoms with E-state index in [9.17, 15) is 38.2 Å². The van der Waals surface area contributed by atoms with Crippen LogP contribution in [0.1, 0.15) is 15.9 Å². The number of ether oxygens (including phenoxy) is 1. The SMILES string of the molecule is Cc1ccc(NC(=O)c2cc([N+](=O)[O-])cc([N+](=O)[O-])c2)c(OCC(F)(F)F)c1. The predicted molar refractivity (Wildman–Crippen MR) is 90.4 cm³/mol. The highest BCUT2D eigenvalue weighted by Crippen LogP contribution is 2.29. The van der Waals surface area contributed by atoms with Gasteiger partial charge in [0, 0.05) is 12.1 Å². The molecule has 0 aliphatic heterocycles. The number of nitrogens with zero attached hydrogens (tertiary/aromatic N) is 2. The van der Waals surface area contributed by atoms with Crippen LogP contribution in [0.25, 0.3) is 0 Å². The maximum absolute atomic E-state index is 12.4. The Kier molecular flexibility index (Phi) is 5.81. The van der Waals surface area contributed by atoms with Crippen LogP contribution in [-0.4, -0.2) is 28.5 Å². The molecule has 0 fully saturated rings. The van der Waals surface area contributed by atoms with Crippen molar-refractivity contribution in [2.45, 2.75) is 13.1 Å². The minimum Gasteiger partial charge on any atom is -0.482 e. The van der Waals surface area contributed by atoms with Crippen LogP contribution in [0, 0.1) is 27.2 Å². The third kappa shape index (κ3) is 5.40. The number of nitrogens with one attached hydrogen (secondary N) is 1. The van der Waals surface area contributed by atoms with Crippen molar-refractivity contribution in [1.29, 1.82) is 0 Å². The Morgan fingerprint density at radius 1 is 1.07 bits per heavy atom. The van der Waals surface area contributed by atoms with Gasteiger partial charge in [-0.1, -0.05) is 6.07 Å². The summed E-state index contributed by atoms with van der Waals surface area (Å²) in [7, 11) is 0. The average molecular weight is 399 g/mol. The number of alkyl halides is 3. The number of carbonyl (C=O) groups excluding carboxylic acids is 1. The van der Waals surface area contributed by atoms with E-state index in [0.29, 0.717) is 11.6 Å². The highest BCUT2D eigenvalue weighted by atomic mass is 19.4. The Morgan fingerprint density at radius 3 is 2.14 bits per heavy atom. The smallest absolute Gasteiger partial charge is 0.422 e. The zero-order valence-corrected chi connectivity index (χ0v) is 14.1. The van der Waals surface area contributed by atoms with Crippen LogP contribution in [-0.2, 0) is 0 Å². The summed E-state index contributed by atoms with van der Waals surface area (Å²) in [5, 5.41) is 24.1. The number of hydrogen-bond donors (Lipinski definition) is 1. The Balaban J connectivity index is 2.35. The first-order chi connectivity index (χ1) is 13.0. The molecule has 0 unspecified atom stereocenters. The van der Waals surface area contributed by atoms with E-state index < -0.39 is 45.5 Å². The summed E-state index contributed by atoms with van der Waals surface area (Å²) in [6.07, 6.45) is -4.61. The van der Waals surface area contributed by atoms with E-state index in [1.165, 1.54) is 18.2 Å². The second kappa shape index (κ2) is 7.90. The van der Waals surface area contributed by atoms with E-state index in [4.69, 9.17) is 0 Å². The Hall–Kier alpha value is -3.70. The van der Waals surface area contributed by atoms with Gasteiger partial charge in [0.2, 0.25) is 0 Å². The molecular weight excluding hydrogens is 387 g/mol. The molecule has 0 atom stereocenters. The van der Waals surface area contributed by atoms with Gasteiger partial charge in [-0.3, -0.25) is 25.0 Å². The second-order valence-corrected chi connectivity index (χ2v) is 5.61. The van der Waals surface area contributed by atoms with Gasteiger partial charge in [-0.2, -0.15) is 13.2 Å². The first-order valence-corrected chi connectivity index (χ1v) is 7.52. The summed E-state index contributed by atoms with van der Waals surface area (Å²) in [6, 6.07) is 6.34. The summed E-state index contributed by atoms with van der Waals surface area (Å²) >= 11 is 0. The minimum atomic E-state index is -4.61. The first-order valence-electron chi connectivity index (χ1n) is 7.52. The van der Waals surface area contributed by atoms with Gasteiger partial charge in [0.1, 0.15) is 5.75 Å². The number of nitro benzene ring substituents is 2. The van der Waals surface area contributed by atoms with Gasteiger partial charge >= 0.3 is 6.18 Å². The second-order valence-electron chi connectivity index (χ2n) is 5.61. The molecule has 0 radical (unpaired) electrons. The van der Waals surface area contributed by atoms with Crippen molar-refractivity contribution >= 4 is 23.0 Å². The van der Waals surface area contributed by atoms with Crippen LogP contribution < -0.4 is 10.1 Å². The molecule has 0 saturated carbocycles. The molecule has 1 amide bonds. The predicted octanol–water partition coefficient (Wildman–Crippen LogP) is 4.00. The molecule has 2 aromatic carbocycles. The number of anilines is 1. The number of benzene rings is 2. The number of aryl methyl sites for hydroxylation is 1. The number of carbonyl (C=O) groups is 1. The van der Waals surface area contributed by atoms with Crippen molar-refractivity contribution in [1.82, 2.24) is 0 Å². The van der Waals surface area contributed by atoms with Gasteiger partial charge in [-0.15, -0.1) is 0 Å². The van der Waals surface area contributed by atoms with E-state index in [2.05, 4.69) is 10.1 Å². The van der Waals surface area contributed by atoms with Crippen LogP contribution in [0.3, 0.4) is 0 Å². The van der Waals surface area contributed by atoms with Crippen LogP contribution in [0.4, 0.5) is 30.2 Å². The summed E-state index contributed by atoms with van der Waals surface area (Å²) in [6.45, 7) is -0.00241. The van der Waals surface area contributed by atoms with Gasteiger partial charge in [0.05, 0.1) is 27.2 Å². The summed E-state index contributed by atoms with van der Waals surface area (Å²) in [5.74, 6) is -1.27. The molecule has 148 valence electrons. The van der Waals surface area contributed by atoms with Crippen LogP contribution in [0.15, 0.2) is 36.4 Å². The van der Waals surface area contributed by atoms with Crippen molar-refractivity contribution in [3.05, 3.63) is 67.8 Å². The zero-order valence-electron chi connectivity index (χ0n) is 14.1. The average Bonchev–Trinajstić information content (AvgIpc) is 2.60. The maximum Gasteiger partial charge on any atom is 0.422 e. The Morgan fingerprint density at radius 2 is 1.64 bits per heavy atom. The standard InChI is InChI=1S/C16H12F3N3O6/c1-9-2-3-13(14(4-9)28-8-16(17,18)19)20-15(23)10-5-11(21(24)25)7-12(6-10)22(26)27/h2-7H,8H2,1H3,(H,20,23). The molecule has 0 bridgehead atoms. The fraction of sp³-hybridized carbons (Fsp3) is 0.188. The number of non-ortho nitro benzene ring substituents is 2. The third-order valence-electron chi connectivity index (χ3n) is 3.36. The molecule has 2 aromatic rings. The molecule has 0 aromatic heterocycles. The van der Waals surface area contributed by atoms with Crippen molar-refractivity contribution in [2.24, 2.45) is 0 Å². The molecule has 2 rings (SSSR count). The lowest BCUT2D eigenvalue weighted by Gasteiger charge is -2.14. The van der Waals surface area contributed by atoms with Gasteiger partial charge in [0.15, 0.2) is 6.61 Å². The quantitative estimate of drug-likeness (QED) is 0.578. The van der Waals surface area contributed by atoms with E-state index >= 15 is 0 Å². The van der Waals surface area contributed by atoms with Crippen molar-refractivity contribution in [3.8, 4) is 5.75 Å². The summed E-state index contributed by atoms with van der Waals surface area (Å²) in [4.78, 5) is 32.4. The van der Waals surface area contributed by atoms with Crippen molar-refractivity contribution in [2.75, 3.05) is 11.9 Å². The molecule has 0 saturated heterocycles. The first kappa shape index (κ1) is 20.6. The van der Waals surface area contributed by atoms with Crippen LogP contribution in [0.5, 0.6) is 5.75 Å². The van der Waals surface area contributed by atoms with Gasteiger partial charge in [-0.25, -0.2) is 0 Å². The molecule has 0 aliphatic carbocycles. The number of amides is 1. The molecule has 0 spiro atoms. The molecule has 0 aliphatic rings. The zero-order chi connectivity index (χ0) is 21.1. The highest BCUT2D eigenvalue weighted by molar-refractivity contribution is 6.05. The lowest BCUT2D eigenvalue weighted by Crippen LogP contribution is -2.20. The Labute approximate surface area is 155 Å². The lowest BCUT2D eigenvalue weighted by atomic mass is 10.1. The highest BCUT2D eigenvalue weighted by Gasteiger charge is 2.29. The maximum atomic E-state index is 12.4. The monoisotopic (exact) mass is 399 g/mol. The van der Waals surface area contributed by atoms with Gasteiger partial charge in [0.25, 0.3) is 17.3 Å². The van der Waals surface area contributed by atoms with Crippen LogP contribution in [0.2, 0.25) is 0 Å². The number of nitro groups is 2. The van der Waals surface area contributed by atoms with E-state index in [1.54, 1.807) is 6.92 Å². The third-order valence-corrected chi connectivity index (χ3v) is 3.36. The van der Waals surface area contributed by atoms with E-state index in [1.807, 2.05) is 0 Å². The molecular formula is C16H12F3N3O6. The molecule has 9 nitrogen and oxygen atoms in total. The summed E-state index contributed by atoms with van der Waals surface area (Å²) in [5.41, 5.74) is -1.35. The summed E-state index contributed by atoms with van der Waals surface area (Å²) < 4.78 is 41.9. The van der Waals surface area contributed by atoms with Crippen molar-refractivity contribution < 1.29 is 32.5 Å². The van der Waals surface area contributed by atoms with Gasteiger partial charge < -0.3 is 10.1 Å². The number of halogens is 3. The minimum absolute atomic E-state index is 0.131. The van der Waals surface area contributed by atoms with Gasteiger partial charge in [-0.05, 0) is 24.6 Å². The number of hydrogen-bond acceptors (Lipinski definition) is 6. The topological polar surface area (TPSA) is 125 Å². The molecule has 0 heterocycles. The molecule has 12 heteroatoms. The van der Waals surface area contributed by atoms with Crippen LogP contribution >= 0.6 is 0 Å². The van der Waals surface area contributed by atoms with Crippen molar-refractivity contribution in [3.63, 3.8) is 0 Å². The van der Waals surface area contributed by atoms with E-state index in [0.717, 1.165) is 12.1 Å². The lowest BCUT2D eigenvalue weighted by molar-refractivity contribution is -0.394. The fourth-order valence-electron chi connectivity index (χ4n) is 2.14. The molecule has 28 heavy (non-hydrogen) atoms. The fourth-order valence-corrected chi connectivity index (χ4v) is 2.14. The normalized spacial score (nSPS) is 11.0. The number of rotatable bonds is 6. The Bertz CT molecular complexity index is 913.